The summed E-state index contributed by atoms with van der Waals surface area (Å²) in [5.74, 6) is -3.92. The van der Waals surface area contributed by atoms with Gasteiger partial charge in [-0.05, 0) is 36.8 Å². The third kappa shape index (κ3) is 6.66. The molecule has 1 saturated heterocycles. The maximum Gasteiger partial charge on any atom is 0.278 e. The van der Waals surface area contributed by atoms with Crippen LogP contribution in [0.25, 0.3) is 0 Å². The molecule has 0 aliphatic carbocycles. The van der Waals surface area contributed by atoms with Crippen molar-refractivity contribution in [3.8, 4) is 11.6 Å². The standard InChI is InChI=1S/C26H28F3N5O3/c1-25(15-35,14-31-19-4-3-10-30-12-19)18-5-7-20(8-6-18)37-21-9-11-34(13-21)23-22(27)24(33-17-32-23)36-16-26(2,28)29/h3-8,10,12,15,17,21,31H,9,11,13-14,16H2,1-2H3/t21-,25?/m1/s1. The summed E-state index contributed by atoms with van der Waals surface area (Å²) in [4.78, 5) is 25.3. The van der Waals surface area contributed by atoms with E-state index in [4.69, 9.17) is 9.47 Å². The molecule has 11 heteroatoms. The fourth-order valence-corrected chi connectivity index (χ4v) is 3.95. The molecule has 196 valence electrons. The maximum absolute atomic E-state index is 14.8. The van der Waals surface area contributed by atoms with Gasteiger partial charge in [0.15, 0.2) is 12.4 Å². The quantitative estimate of drug-likeness (QED) is 0.379. The van der Waals surface area contributed by atoms with Crippen LogP contribution < -0.4 is 19.7 Å². The van der Waals surface area contributed by atoms with Crippen LogP contribution in [0.5, 0.6) is 11.6 Å². The van der Waals surface area contributed by atoms with E-state index >= 15 is 0 Å². The number of anilines is 2. The monoisotopic (exact) mass is 515 g/mol. The number of aldehydes is 1. The highest BCUT2D eigenvalue weighted by Gasteiger charge is 2.30. The third-order valence-corrected chi connectivity index (χ3v) is 6.04. The lowest BCUT2D eigenvalue weighted by Gasteiger charge is -2.25. The Morgan fingerprint density at radius 2 is 1.97 bits per heavy atom. The summed E-state index contributed by atoms with van der Waals surface area (Å²) < 4.78 is 51.9. The molecule has 1 fully saturated rings. The van der Waals surface area contributed by atoms with Crippen LogP contribution in [-0.2, 0) is 10.2 Å². The van der Waals surface area contributed by atoms with Crippen LogP contribution in [-0.4, -0.2) is 59.5 Å². The molecule has 4 rings (SSSR count). The molecule has 3 heterocycles. The maximum atomic E-state index is 14.8. The van der Waals surface area contributed by atoms with Gasteiger partial charge in [-0.15, -0.1) is 0 Å². The smallest absolute Gasteiger partial charge is 0.278 e. The first-order chi connectivity index (χ1) is 17.7. The van der Waals surface area contributed by atoms with Gasteiger partial charge < -0.3 is 24.5 Å². The van der Waals surface area contributed by atoms with Gasteiger partial charge in [-0.3, -0.25) is 4.98 Å². The fourth-order valence-electron chi connectivity index (χ4n) is 3.95. The zero-order chi connectivity index (χ0) is 26.5. The van der Waals surface area contributed by atoms with Crippen LogP contribution in [0.3, 0.4) is 0 Å². The van der Waals surface area contributed by atoms with Gasteiger partial charge in [-0.2, -0.15) is 9.37 Å². The topological polar surface area (TPSA) is 89.5 Å². The number of halogens is 3. The lowest BCUT2D eigenvalue weighted by Crippen LogP contribution is -2.32. The van der Waals surface area contributed by atoms with Crippen LogP contribution in [0, 0.1) is 5.82 Å². The number of alkyl halides is 2. The number of benzene rings is 1. The van der Waals surface area contributed by atoms with Crippen LogP contribution in [0.1, 0.15) is 25.8 Å². The van der Waals surface area contributed by atoms with Gasteiger partial charge >= 0.3 is 0 Å². The first-order valence-electron chi connectivity index (χ1n) is 11.8. The Morgan fingerprint density at radius 1 is 1.19 bits per heavy atom. The third-order valence-electron chi connectivity index (χ3n) is 6.04. The van der Waals surface area contributed by atoms with Crippen molar-refractivity contribution in [2.45, 2.75) is 37.7 Å². The number of ether oxygens (including phenoxy) is 2. The van der Waals surface area contributed by atoms with Crippen LogP contribution >= 0.6 is 0 Å². The van der Waals surface area contributed by atoms with E-state index in [1.54, 1.807) is 29.4 Å². The van der Waals surface area contributed by atoms with Crippen molar-refractivity contribution in [2.75, 3.05) is 36.5 Å². The minimum absolute atomic E-state index is 0.0197. The van der Waals surface area contributed by atoms with E-state index in [0.29, 0.717) is 38.7 Å². The average Bonchev–Trinajstić information content (AvgIpc) is 3.35. The van der Waals surface area contributed by atoms with Crippen molar-refractivity contribution in [1.82, 2.24) is 15.0 Å². The highest BCUT2D eigenvalue weighted by molar-refractivity contribution is 5.69. The average molecular weight is 516 g/mol. The number of carbonyl (C=O) groups is 1. The predicted octanol–water partition coefficient (Wildman–Crippen LogP) is 4.27. The van der Waals surface area contributed by atoms with Gasteiger partial charge in [0.2, 0.25) is 5.82 Å². The fraction of sp³-hybridized carbons (Fsp3) is 0.385. The van der Waals surface area contributed by atoms with E-state index in [0.717, 1.165) is 23.9 Å². The van der Waals surface area contributed by atoms with E-state index in [1.807, 2.05) is 31.2 Å². The van der Waals surface area contributed by atoms with Gasteiger partial charge in [-0.25, -0.2) is 13.8 Å². The van der Waals surface area contributed by atoms with Crippen LogP contribution in [0.4, 0.5) is 24.7 Å². The lowest BCUT2D eigenvalue weighted by molar-refractivity contribution is -0.111. The van der Waals surface area contributed by atoms with Crippen molar-refractivity contribution < 1.29 is 27.4 Å². The van der Waals surface area contributed by atoms with Gasteiger partial charge in [0, 0.05) is 38.8 Å². The minimum Gasteiger partial charge on any atom is -0.489 e. The number of nitrogens with zero attached hydrogens (tertiary/aromatic N) is 4. The highest BCUT2D eigenvalue weighted by atomic mass is 19.3. The molecule has 3 aromatic rings. The van der Waals surface area contributed by atoms with E-state index in [2.05, 4.69) is 20.3 Å². The van der Waals surface area contributed by atoms with Crippen molar-refractivity contribution in [3.63, 3.8) is 0 Å². The minimum atomic E-state index is -3.11. The molecule has 0 radical (unpaired) electrons. The number of rotatable bonds is 11. The molecule has 2 atom stereocenters. The molecule has 1 aliphatic rings. The Morgan fingerprint density at radius 3 is 2.65 bits per heavy atom. The molecule has 1 unspecified atom stereocenters. The summed E-state index contributed by atoms with van der Waals surface area (Å²) in [5.41, 5.74) is 0.890. The molecule has 0 bridgehead atoms. The van der Waals surface area contributed by atoms with Crippen molar-refractivity contribution >= 4 is 17.8 Å². The SMILES string of the molecule is CC(F)(F)COc1ncnc(N2CC[C@@H](Oc3ccc(C(C)(C=O)CNc4cccnc4)cc3)C2)c1F. The number of pyridine rings is 1. The van der Waals surface area contributed by atoms with E-state index in [9.17, 15) is 18.0 Å². The second-order valence-corrected chi connectivity index (χ2v) is 9.30. The second-order valence-electron chi connectivity index (χ2n) is 9.30. The normalized spacial score (nSPS) is 17.2. The first-order valence-corrected chi connectivity index (χ1v) is 11.8. The van der Waals surface area contributed by atoms with E-state index < -0.39 is 29.6 Å². The largest absolute Gasteiger partial charge is 0.489 e. The van der Waals surface area contributed by atoms with E-state index in [1.165, 1.54) is 0 Å². The highest BCUT2D eigenvalue weighted by Crippen LogP contribution is 2.29. The summed E-state index contributed by atoms with van der Waals surface area (Å²) in [6.45, 7) is 2.75. The van der Waals surface area contributed by atoms with Crippen molar-refractivity contribution in [2.24, 2.45) is 0 Å². The van der Waals surface area contributed by atoms with Gasteiger partial charge in [0.25, 0.3) is 11.8 Å². The molecule has 1 aliphatic heterocycles. The zero-order valence-corrected chi connectivity index (χ0v) is 20.5. The molecule has 37 heavy (non-hydrogen) atoms. The molecule has 2 aromatic heterocycles. The summed E-state index contributed by atoms with van der Waals surface area (Å²) in [6.07, 6.45) is 5.74. The van der Waals surface area contributed by atoms with Crippen molar-refractivity contribution in [3.05, 3.63) is 66.5 Å². The predicted molar refractivity (Wildman–Crippen MR) is 132 cm³/mol. The van der Waals surface area contributed by atoms with Gasteiger partial charge in [-0.1, -0.05) is 12.1 Å². The molecule has 0 spiro atoms. The molecule has 0 amide bonds. The molecule has 1 N–H and O–H groups in total. The van der Waals surface area contributed by atoms with E-state index in [-0.39, 0.29) is 11.9 Å². The van der Waals surface area contributed by atoms with Gasteiger partial charge in [0.1, 0.15) is 24.5 Å². The number of hydrogen-bond donors (Lipinski definition) is 1. The molecule has 8 nitrogen and oxygen atoms in total. The van der Waals surface area contributed by atoms with Crippen LogP contribution in [0.2, 0.25) is 0 Å². The number of hydrogen-bond acceptors (Lipinski definition) is 8. The Bertz CT molecular complexity index is 1190. The summed E-state index contributed by atoms with van der Waals surface area (Å²) in [6, 6.07) is 11.0. The second kappa shape index (κ2) is 11.0. The number of carbonyl (C=O) groups excluding carboxylic acids is 1. The summed E-state index contributed by atoms with van der Waals surface area (Å²) >= 11 is 0. The Kier molecular flexibility index (Phi) is 7.80. The summed E-state index contributed by atoms with van der Waals surface area (Å²) in [5, 5.41) is 3.23. The first kappa shape index (κ1) is 26.2. The van der Waals surface area contributed by atoms with Crippen molar-refractivity contribution in [1.29, 1.82) is 0 Å². The Hall–Kier alpha value is -3.89. The van der Waals surface area contributed by atoms with Crippen LogP contribution in [0.15, 0.2) is 55.1 Å². The number of nitrogens with one attached hydrogen (secondary N) is 1. The Labute approximate surface area is 212 Å². The Balaban J connectivity index is 1.36. The van der Waals surface area contributed by atoms with Gasteiger partial charge in [0.05, 0.1) is 17.6 Å². The number of aromatic nitrogens is 3. The summed E-state index contributed by atoms with van der Waals surface area (Å²) in [7, 11) is 0. The molecular weight excluding hydrogens is 487 g/mol. The molecule has 0 saturated carbocycles. The zero-order valence-electron chi connectivity index (χ0n) is 20.5. The molecular formula is C26H28F3N5O3. The molecule has 1 aromatic carbocycles. The lowest BCUT2D eigenvalue weighted by atomic mass is 9.84.